The molecule has 0 unspecified atom stereocenters. The first kappa shape index (κ1) is 14.9. The van der Waals surface area contributed by atoms with Crippen molar-refractivity contribution in [3.8, 4) is 0 Å². The molecule has 1 saturated heterocycles. The highest BCUT2D eigenvalue weighted by Gasteiger charge is 2.45. The number of ether oxygens (including phenoxy) is 1. The van der Waals surface area contributed by atoms with Crippen molar-refractivity contribution in [3.63, 3.8) is 0 Å². The zero-order valence-electron chi connectivity index (χ0n) is 12.7. The summed E-state index contributed by atoms with van der Waals surface area (Å²) in [5.74, 6) is 0. The lowest BCUT2D eigenvalue weighted by Crippen LogP contribution is -2.43. The molecule has 0 amide bonds. The fourth-order valence-electron chi connectivity index (χ4n) is 2.91. The number of hydrogen-bond acceptors (Lipinski definition) is 4. The minimum Gasteiger partial charge on any atom is -0.368 e. The summed E-state index contributed by atoms with van der Waals surface area (Å²) in [6, 6.07) is 0.445. The number of nitrogens with zero attached hydrogens (tertiary/aromatic N) is 1. The number of hydrogen-bond donors (Lipinski definition) is 1. The van der Waals surface area contributed by atoms with Gasteiger partial charge < -0.3 is 10.1 Å². The highest BCUT2D eigenvalue weighted by Crippen LogP contribution is 2.37. The fraction of sp³-hybridized carbons (Fsp3) is 0.800. The molecule has 1 aliphatic rings. The van der Waals surface area contributed by atoms with Crippen LogP contribution in [0.4, 0.5) is 0 Å². The van der Waals surface area contributed by atoms with Crippen LogP contribution in [0.3, 0.4) is 0 Å². The van der Waals surface area contributed by atoms with Gasteiger partial charge in [-0.1, -0.05) is 0 Å². The van der Waals surface area contributed by atoms with Crippen LogP contribution in [0.1, 0.15) is 51.2 Å². The third kappa shape index (κ3) is 4.01. The molecule has 19 heavy (non-hydrogen) atoms. The van der Waals surface area contributed by atoms with Crippen molar-refractivity contribution < 1.29 is 4.74 Å². The first-order valence-corrected chi connectivity index (χ1v) is 8.01. The van der Waals surface area contributed by atoms with Crippen molar-refractivity contribution in [1.82, 2.24) is 10.3 Å². The maximum Gasteiger partial charge on any atom is 0.0928 e. The molecule has 0 aliphatic carbocycles. The topological polar surface area (TPSA) is 34.1 Å². The molecule has 3 nitrogen and oxygen atoms in total. The second-order valence-corrected chi connectivity index (χ2v) is 7.60. The minimum atomic E-state index is -0.0682. The van der Waals surface area contributed by atoms with Gasteiger partial charge in [-0.15, -0.1) is 11.3 Å². The molecule has 1 atom stereocenters. The Bertz CT molecular complexity index is 426. The van der Waals surface area contributed by atoms with E-state index in [4.69, 9.17) is 4.74 Å². The molecule has 1 aliphatic heterocycles. The molecule has 1 fully saturated rings. The van der Waals surface area contributed by atoms with E-state index >= 15 is 0 Å². The van der Waals surface area contributed by atoms with E-state index in [9.17, 15) is 0 Å². The van der Waals surface area contributed by atoms with Crippen LogP contribution in [-0.4, -0.2) is 28.8 Å². The second kappa shape index (κ2) is 5.51. The smallest absolute Gasteiger partial charge is 0.0928 e. The molecule has 1 aromatic heterocycles. The van der Waals surface area contributed by atoms with E-state index in [2.05, 4.69) is 50.3 Å². The van der Waals surface area contributed by atoms with E-state index in [1.165, 1.54) is 5.01 Å². The Hall–Kier alpha value is -0.450. The van der Waals surface area contributed by atoms with Crippen molar-refractivity contribution in [2.75, 3.05) is 6.54 Å². The molecule has 0 spiro atoms. The van der Waals surface area contributed by atoms with Crippen molar-refractivity contribution >= 4 is 11.3 Å². The van der Waals surface area contributed by atoms with Gasteiger partial charge in [0.2, 0.25) is 0 Å². The molecule has 1 aromatic rings. The zero-order valence-corrected chi connectivity index (χ0v) is 13.6. The Labute approximate surface area is 120 Å². The van der Waals surface area contributed by atoms with Crippen LogP contribution in [-0.2, 0) is 11.2 Å². The van der Waals surface area contributed by atoms with Gasteiger partial charge in [0.1, 0.15) is 0 Å². The normalized spacial score (nSPS) is 24.8. The SMILES string of the molecule is Cc1csc(CCCN[C@@H]2CC(C)(C)OC2(C)C)n1. The highest BCUT2D eigenvalue weighted by molar-refractivity contribution is 7.09. The van der Waals surface area contributed by atoms with E-state index < -0.39 is 0 Å². The molecule has 0 aromatic carbocycles. The quantitative estimate of drug-likeness (QED) is 0.841. The number of thiazole rings is 1. The zero-order chi connectivity index (χ0) is 14.1. The van der Waals surface area contributed by atoms with Crippen LogP contribution >= 0.6 is 11.3 Å². The van der Waals surface area contributed by atoms with E-state index in [0.29, 0.717) is 6.04 Å². The Morgan fingerprint density at radius 1 is 1.42 bits per heavy atom. The number of aryl methyl sites for hydroxylation is 2. The Morgan fingerprint density at radius 2 is 2.16 bits per heavy atom. The van der Waals surface area contributed by atoms with Gasteiger partial charge in [0, 0.05) is 23.5 Å². The van der Waals surface area contributed by atoms with Gasteiger partial charge >= 0.3 is 0 Å². The van der Waals surface area contributed by atoms with Gasteiger partial charge in [0.25, 0.3) is 0 Å². The Kier molecular flexibility index (Phi) is 4.33. The summed E-state index contributed by atoms with van der Waals surface area (Å²) in [6.07, 6.45) is 3.29. The Morgan fingerprint density at radius 3 is 2.68 bits per heavy atom. The third-order valence-corrected chi connectivity index (χ3v) is 4.73. The molecule has 2 rings (SSSR count). The summed E-state index contributed by atoms with van der Waals surface area (Å²) in [5.41, 5.74) is 1.06. The summed E-state index contributed by atoms with van der Waals surface area (Å²) in [4.78, 5) is 4.50. The lowest BCUT2D eigenvalue weighted by Gasteiger charge is -2.27. The van der Waals surface area contributed by atoms with Crippen molar-refractivity contribution in [3.05, 3.63) is 16.1 Å². The number of rotatable bonds is 5. The summed E-state index contributed by atoms with van der Waals surface area (Å²) in [6.45, 7) is 11.8. The number of nitrogens with one attached hydrogen (secondary N) is 1. The third-order valence-electron chi connectivity index (χ3n) is 3.70. The predicted molar refractivity (Wildman–Crippen MR) is 80.8 cm³/mol. The largest absolute Gasteiger partial charge is 0.368 e. The van der Waals surface area contributed by atoms with Crippen LogP contribution < -0.4 is 5.32 Å². The molecule has 1 N–H and O–H groups in total. The van der Waals surface area contributed by atoms with Gasteiger partial charge in [-0.25, -0.2) is 4.98 Å². The van der Waals surface area contributed by atoms with Crippen LogP contribution in [0.5, 0.6) is 0 Å². The second-order valence-electron chi connectivity index (χ2n) is 6.66. The van der Waals surface area contributed by atoms with Crippen LogP contribution in [0.15, 0.2) is 5.38 Å². The molecule has 2 heterocycles. The molecular formula is C15H26N2OS. The van der Waals surface area contributed by atoms with Crippen LogP contribution in [0, 0.1) is 6.92 Å². The standard InChI is InChI=1S/C15H26N2OS/c1-11-10-19-13(17-11)7-6-8-16-12-9-14(2,3)18-15(12,4)5/h10,12,16H,6-9H2,1-5H3/t12-/m1/s1. The lowest BCUT2D eigenvalue weighted by molar-refractivity contribution is -0.0697. The van der Waals surface area contributed by atoms with E-state index in [0.717, 1.165) is 31.5 Å². The van der Waals surface area contributed by atoms with Gasteiger partial charge in [0.15, 0.2) is 0 Å². The average molecular weight is 282 g/mol. The summed E-state index contributed by atoms with van der Waals surface area (Å²) < 4.78 is 6.09. The fourth-order valence-corrected chi connectivity index (χ4v) is 3.73. The first-order valence-electron chi connectivity index (χ1n) is 7.13. The average Bonchev–Trinajstić information content (AvgIpc) is 2.75. The van der Waals surface area contributed by atoms with Gasteiger partial charge in [-0.2, -0.15) is 0 Å². The first-order chi connectivity index (χ1) is 8.78. The maximum absolute atomic E-state index is 6.09. The van der Waals surface area contributed by atoms with Crippen LogP contribution in [0.2, 0.25) is 0 Å². The van der Waals surface area contributed by atoms with Crippen molar-refractivity contribution in [2.24, 2.45) is 0 Å². The van der Waals surface area contributed by atoms with Crippen molar-refractivity contribution in [1.29, 1.82) is 0 Å². The van der Waals surface area contributed by atoms with E-state index in [1.54, 1.807) is 11.3 Å². The van der Waals surface area contributed by atoms with E-state index in [-0.39, 0.29) is 11.2 Å². The minimum absolute atomic E-state index is 0.00636. The van der Waals surface area contributed by atoms with Gasteiger partial charge in [-0.05, 0) is 54.0 Å². The maximum atomic E-state index is 6.09. The van der Waals surface area contributed by atoms with Gasteiger partial charge in [-0.3, -0.25) is 0 Å². The van der Waals surface area contributed by atoms with Crippen LogP contribution in [0.25, 0.3) is 0 Å². The molecular weight excluding hydrogens is 256 g/mol. The number of aromatic nitrogens is 1. The van der Waals surface area contributed by atoms with Gasteiger partial charge in [0.05, 0.1) is 16.2 Å². The monoisotopic (exact) mass is 282 g/mol. The predicted octanol–water partition coefficient (Wildman–Crippen LogP) is 3.32. The molecule has 108 valence electrons. The Balaban J connectivity index is 1.74. The summed E-state index contributed by atoms with van der Waals surface area (Å²) in [7, 11) is 0. The van der Waals surface area contributed by atoms with Crippen molar-refractivity contribution in [2.45, 2.75) is 71.1 Å². The lowest BCUT2D eigenvalue weighted by atomic mass is 9.94. The molecule has 0 bridgehead atoms. The highest BCUT2D eigenvalue weighted by atomic mass is 32.1. The summed E-state index contributed by atoms with van der Waals surface area (Å²) in [5, 5.41) is 7.03. The van der Waals surface area contributed by atoms with E-state index in [1.807, 2.05) is 0 Å². The molecule has 4 heteroatoms. The summed E-state index contributed by atoms with van der Waals surface area (Å²) >= 11 is 1.77. The molecule has 0 saturated carbocycles. The molecule has 0 radical (unpaired) electrons.